The van der Waals surface area contributed by atoms with Crippen molar-refractivity contribution in [3.05, 3.63) is 202 Å². The molecule has 0 unspecified atom stereocenters. The highest BCUT2D eigenvalue weighted by molar-refractivity contribution is 7.90. The van der Waals surface area contributed by atoms with Gasteiger partial charge in [0.1, 0.15) is 11.5 Å². The number of fused-ring (bicyclic) bond motifs is 2. The number of halogens is 2. The molecular weight excluding hydrogens is 1070 g/mol. The Labute approximate surface area is 461 Å². The molecule has 10 rings (SSSR count). The van der Waals surface area contributed by atoms with Crippen molar-refractivity contribution in [3.8, 4) is 45.1 Å². The number of methoxy groups -OCH3 is 2. The number of nitrogens with zero attached hydrogens (tertiary/aromatic N) is 9. The van der Waals surface area contributed by atoms with Crippen molar-refractivity contribution < 1.29 is 26.3 Å². The molecule has 0 radical (unpaired) electrons. The number of rotatable bonds is 13. The van der Waals surface area contributed by atoms with Gasteiger partial charge in [-0.2, -0.15) is 0 Å². The van der Waals surface area contributed by atoms with Gasteiger partial charge in [-0.1, -0.05) is 47.5 Å². The number of pyridine rings is 4. The molecule has 6 aromatic heterocycles. The number of nitrogen functional groups attached to an aromatic ring is 1. The van der Waals surface area contributed by atoms with Gasteiger partial charge in [0.15, 0.2) is 41.1 Å². The van der Waals surface area contributed by atoms with Crippen LogP contribution >= 0.6 is 23.2 Å². The summed E-state index contributed by atoms with van der Waals surface area (Å²) in [5.74, 6) is 1.54. The first-order chi connectivity index (χ1) is 37.3. The Bertz CT molecular complexity index is 4200. The van der Waals surface area contributed by atoms with E-state index in [-0.39, 0.29) is 10.1 Å². The first-order valence-corrected chi connectivity index (χ1v) is 28.3. The fourth-order valence-corrected chi connectivity index (χ4v) is 10.6. The summed E-state index contributed by atoms with van der Waals surface area (Å²) in [7, 11) is -3.58. The molecule has 4 aromatic carbocycles. The van der Waals surface area contributed by atoms with Crippen LogP contribution in [0.3, 0.4) is 0 Å². The fourth-order valence-electron chi connectivity index (χ4n) is 8.91. The van der Waals surface area contributed by atoms with Crippen LogP contribution in [0.1, 0.15) is 22.3 Å². The van der Waals surface area contributed by atoms with Crippen LogP contribution in [0.2, 0.25) is 10.0 Å². The number of anilines is 2. The van der Waals surface area contributed by atoms with Crippen LogP contribution in [-0.2, 0) is 32.8 Å². The highest BCUT2D eigenvalue weighted by Gasteiger charge is 2.23. The topological polar surface area (TPSA) is 186 Å². The molecule has 78 heavy (non-hydrogen) atoms. The number of benzene rings is 4. The number of hydrogen-bond donors (Lipinski definition) is 1. The van der Waals surface area contributed by atoms with Gasteiger partial charge in [-0.3, -0.25) is 9.97 Å². The molecule has 0 saturated heterocycles. The van der Waals surface area contributed by atoms with E-state index >= 15 is 0 Å². The van der Waals surface area contributed by atoms with Gasteiger partial charge in [0.05, 0.1) is 96.0 Å². The van der Waals surface area contributed by atoms with Gasteiger partial charge in [-0.15, -0.1) is 0 Å². The van der Waals surface area contributed by atoms with Crippen molar-refractivity contribution in [1.82, 2.24) is 29.1 Å². The maximum absolute atomic E-state index is 12.1. The molecule has 16 nitrogen and oxygen atoms in total. The molecule has 0 aliphatic heterocycles. The predicted molar refractivity (Wildman–Crippen MR) is 307 cm³/mol. The lowest BCUT2D eigenvalue weighted by molar-refractivity contribution is 0.414. The van der Waals surface area contributed by atoms with E-state index in [2.05, 4.69) is 34.5 Å². The summed E-state index contributed by atoms with van der Waals surface area (Å²) >= 11 is 13.8. The zero-order chi connectivity index (χ0) is 55.6. The smallest absolute Gasteiger partial charge is 0.192 e. The lowest BCUT2D eigenvalue weighted by Crippen LogP contribution is -2.22. The summed E-state index contributed by atoms with van der Waals surface area (Å²) in [6, 6.07) is 29.7. The van der Waals surface area contributed by atoms with Crippen molar-refractivity contribution in [2.24, 2.45) is 0 Å². The lowest BCUT2D eigenvalue weighted by Gasteiger charge is -2.27. The van der Waals surface area contributed by atoms with E-state index in [9.17, 15) is 16.8 Å². The third-order valence-corrected chi connectivity index (χ3v) is 15.8. The fraction of sp³-hybridized carbons (Fsp3) is 0.138. The zero-order valence-electron chi connectivity index (χ0n) is 42.9. The molecule has 6 heterocycles. The van der Waals surface area contributed by atoms with E-state index in [1.807, 2.05) is 102 Å². The molecule has 0 atom stereocenters. The Kier molecular flexibility index (Phi) is 15.3. The summed E-state index contributed by atoms with van der Waals surface area (Å²) in [6.07, 6.45) is 15.7. The Hall–Kier alpha value is -8.78. The maximum atomic E-state index is 12.1. The van der Waals surface area contributed by atoms with Crippen molar-refractivity contribution in [2.45, 2.75) is 37.0 Å². The first-order valence-electron chi connectivity index (χ1n) is 23.7. The molecule has 0 bridgehead atoms. The van der Waals surface area contributed by atoms with Gasteiger partial charge < -0.3 is 29.2 Å². The molecule has 0 amide bonds. The number of aromatic nitrogens is 6. The third-order valence-electron chi connectivity index (χ3n) is 13.0. The minimum atomic E-state index is -3.47. The molecule has 0 spiro atoms. The molecule has 20 heteroatoms. The summed E-state index contributed by atoms with van der Waals surface area (Å²) in [4.78, 5) is 26.6. The Morgan fingerprint density at radius 1 is 0.577 bits per heavy atom. The minimum absolute atomic E-state index is 0.00233. The highest BCUT2D eigenvalue weighted by atomic mass is 35.5. The Balaban J connectivity index is 0.000000211. The zero-order valence-corrected chi connectivity index (χ0v) is 46.0. The first kappa shape index (κ1) is 54.0. The monoisotopic (exact) mass is 1110 g/mol. The van der Waals surface area contributed by atoms with Gasteiger partial charge in [0, 0.05) is 72.6 Å². The summed E-state index contributed by atoms with van der Waals surface area (Å²) in [6.45, 7) is 20.1. The van der Waals surface area contributed by atoms with Gasteiger partial charge >= 0.3 is 0 Å². The van der Waals surface area contributed by atoms with Crippen molar-refractivity contribution >= 4 is 87.4 Å². The molecule has 0 fully saturated rings. The SMILES string of the molecule is [C-]#[N+]c1cc2c(-c3cncc(N(Cc4ccc(OC)cc4)Cc4ccc(OC)cc4)c3Cl)cn(-c3ccc(S(C)(=O)=O)nc3)c2cc1C.[C-]#[N+]c1cc2c(-c3cncc(N)c3Cl)cn(-c3ccc(S(C)(=O)=O)nc3)c2cc1C. The molecule has 2 N–H and O–H groups in total. The molecular formula is C58H48Cl2N10O6S2. The molecule has 0 saturated carbocycles. The van der Waals surface area contributed by atoms with Crippen LogP contribution in [0, 0.1) is 27.0 Å². The van der Waals surface area contributed by atoms with Crippen molar-refractivity contribution in [2.75, 3.05) is 37.4 Å². The predicted octanol–water partition coefficient (Wildman–Crippen LogP) is 12.8. The summed E-state index contributed by atoms with van der Waals surface area (Å²) in [5.41, 5.74) is 17.7. The van der Waals surface area contributed by atoms with Crippen LogP contribution in [0.15, 0.2) is 157 Å². The maximum Gasteiger partial charge on any atom is 0.192 e. The van der Waals surface area contributed by atoms with Crippen LogP contribution in [0.5, 0.6) is 11.5 Å². The molecule has 392 valence electrons. The molecule has 0 aliphatic carbocycles. The minimum Gasteiger partial charge on any atom is -0.497 e. The van der Waals surface area contributed by atoms with E-state index in [1.54, 1.807) is 51.0 Å². The second-order valence-corrected chi connectivity index (χ2v) is 23.0. The summed E-state index contributed by atoms with van der Waals surface area (Å²) in [5, 5.41) is 2.46. The van der Waals surface area contributed by atoms with E-state index in [4.69, 9.17) is 51.6 Å². The standard InChI is InChI=1S/C37H32ClN5O4S.C21H16ClN5O2S/c1-24-16-34-30(17-33(24)39-2)32(23-43(34)27-10-15-36(41-18-27)48(5,44)45)31-19-40-20-35(37(31)38)42(21-25-6-11-28(46-3)12-7-25)22-26-8-13-29(47-4)14-9-26;1-12-6-19-14(7-18(12)24-2)16(15-9-25-10-17(23)21(15)22)11-27(19)13-4-5-20(26-8-13)30(3,28)29/h6-20,23H,21-22H2,1,3-5H3;4-11H,23H2,1,3H3. The van der Waals surface area contributed by atoms with Crippen molar-refractivity contribution in [3.63, 3.8) is 0 Å². The van der Waals surface area contributed by atoms with Gasteiger partial charge in [-0.05, 0) is 120 Å². The number of ether oxygens (including phenoxy) is 2. The van der Waals surface area contributed by atoms with Gasteiger partial charge in [-0.25, -0.2) is 36.5 Å². The van der Waals surface area contributed by atoms with Crippen LogP contribution in [0.25, 0.3) is 65.1 Å². The van der Waals surface area contributed by atoms with Crippen LogP contribution in [0.4, 0.5) is 22.7 Å². The average Bonchev–Trinajstić information content (AvgIpc) is 4.08. The second-order valence-electron chi connectivity index (χ2n) is 18.3. The average molecular weight is 1120 g/mol. The molecule has 0 aliphatic rings. The van der Waals surface area contributed by atoms with E-state index < -0.39 is 19.7 Å². The second kappa shape index (κ2) is 22.1. The van der Waals surface area contributed by atoms with Crippen LogP contribution in [-0.4, -0.2) is 72.6 Å². The quantitative estimate of drug-likeness (QED) is 0.108. The van der Waals surface area contributed by atoms with Crippen molar-refractivity contribution in [1.29, 1.82) is 0 Å². The van der Waals surface area contributed by atoms with E-state index in [0.717, 1.165) is 84.9 Å². The van der Waals surface area contributed by atoms with E-state index in [0.29, 0.717) is 62.7 Å². The molecule has 10 aromatic rings. The Morgan fingerprint density at radius 3 is 1.38 bits per heavy atom. The largest absolute Gasteiger partial charge is 0.497 e. The van der Waals surface area contributed by atoms with Crippen LogP contribution < -0.4 is 20.1 Å². The van der Waals surface area contributed by atoms with Gasteiger partial charge in [0.25, 0.3) is 0 Å². The normalized spacial score (nSPS) is 11.4. The number of aryl methyl sites for hydroxylation is 2. The summed E-state index contributed by atoms with van der Waals surface area (Å²) < 4.78 is 62.2. The number of sulfone groups is 2. The lowest BCUT2D eigenvalue weighted by atomic mass is 10.0. The Morgan fingerprint density at radius 2 is 1.00 bits per heavy atom. The highest BCUT2D eigenvalue weighted by Crippen LogP contribution is 2.44. The number of hydrogen-bond acceptors (Lipinski definition) is 12. The van der Waals surface area contributed by atoms with E-state index in [1.165, 1.54) is 30.7 Å². The third kappa shape index (κ3) is 11.1. The van der Waals surface area contributed by atoms with Gasteiger partial charge in [0.2, 0.25) is 0 Å². The number of nitrogens with two attached hydrogens (primary N) is 1.